The molecule has 0 spiro atoms. The Morgan fingerprint density at radius 1 is 0.378 bits per heavy atom. The predicted molar refractivity (Wildman–Crippen MR) is 374 cm³/mol. The van der Waals surface area contributed by atoms with Crippen molar-refractivity contribution in [3.8, 4) is 39.8 Å². The van der Waals surface area contributed by atoms with Gasteiger partial charge in [0.25, 0.3) is 0 Å². The van der Waals surface area contributed by atoms with Gasteiger partial charge in [-0.1, -0.05) is 176 Å². The Bertz CT molecular complexity index is 5860. The van der Waals surface area contributed by atoms with E-state index in [9.17, 15) is 0 Å². The smallest absolute Gasteiger partial charge is 0.138 e. The molecular formula is C83H57N7. The monoisotopic (exact) mass is 1150 g/mol. The summed E-state index contributed by atoms with van der Waals surface area (Å²) < 4.78 is 12.5. The highest BCUT2D eigenvalue weighted by molar-refractivity contribution is 6.27. The van der Waals surface area contributed by atoms with E-state index in [1.807, 2.05) is 0 Å². The van der Waals surface area contributed by atoms with Crippen molar-refractivity contribution >= 4 is 111 Å². The zero-order chi connectivity index (χ0) is 58.7. The van der Waals surface area contributed by atoms with E-state index in [0.717, 1.165) is 81.9 Å². The van der Waals surface area contributed by atoms with Crippen LogP contribution in [-0.4, -0.2) is 33.9 Å². The average molecular weight is 1150 g/mol. The number of anilines is 2. The Balaban J connectivity index is 0.865. The van der Waals surface area contributed by atoms with Gasteiger partial charge in [0.15, 0.2) is 0 Å². The SMILES string of the molecule is C1=CC2c3ccc4c(c5c(n4-c4cccc(-c6cc(-n7c8ccccc8c8c9c(ccc87)c7c(n9-c8ccccc8)C=CCC7)cc(-n7c8ccccc8c8c7ccc7c9ccccc9n(-c9ccccc9)c78)c6)n4)CCC=C5)c3N(c3ccccc3)C2C=C1. The molecular weight excluding hydrogens is 1090 g/mol. The molecule has 0 bridgehead atoms. The van der Waals surface area contributed by atoms with Gasteiger partial charge in [0.1, 0.15) is 5.82 Å². The van der Waals surface area contributed by atoms with Crippen molar-refractivity contribution in [2.24, 2.45) is 0 Å². The minimum atomic E-state index is 0.180. The predicted octanol–water partition coefficient (Wildman–Crippen LogP) is 20.6. The van der Waals surface area contributed by atoms with Crippen molar-refractivity contribution in [3.63, 3.8) is 0 Å². The number of hydrogen-bond acceptors (Lipinski definition) is 2. The molecule has 7 heterocycles. The maximum Gasteiger partial charge on any atom is 0.138 e. The number of hydrogen-bond donors (Lipinski definition) is 0. The third-order valence-corrected chi connectivity index (χ3v) is 20.1. The minimum Gasteiger partial charge on any atom is -0.333 e. The second-order valence-electron chi connectivity index (χ2n) is 24.7. The van der Waals surface area contributed by atoms with Gasteiger partial charge in [0.05, 0.1) is 61.6 Å². The fourth-order valence-electron chi connectivity index (χ4n) is 16.5. The lowest BCUT2D eigenvalue weighted by Crippen LogP contribution is -2.28. The number of rotatable bonds is 7. The molecule has 2 atom stereocenters. The van der Waals surface area contributed by atoms with Crippen molar-refractivity contribution in [2.75, 3.05) is 4.90 Å². The lowest BCUT2D eigenvalue weighted by atomic mass is 9.90. The van der Waals surface area contributed by atoms with Crippen LogP contribution in [0.2, 0.25) is 0 Å². The van der Waals surface area contributed by atoms with Crippen LogP contribution in [0.25, 0.3) is 139 Å². The maximum atomic E-state index is 5.89. The molecule has 6 aromatic heterocycles. The molecule has 4 aliphatic rings. The Labute approximate surface area is 519 Å². The summed E-state index contributed by atoms with van der Waals surface area (Å²) in [5, 5.41) is 9.95. The molecule has 0 fully saturated rings. The molecule has 7 nitrogen and oxygen atoms in total. The Morgan fingerprint density at radius 3 is 1.66 bits per heavy atom. The summed E-state index contributed by atoms with van der Waals surface area (Å²) in [4.78, 5) is 8.48. The zero-order valence-electron chi connectivity index (χ0n) is 49.2. The molecule has 7 heteroatoms. The number of pyridine rings is 1. The molecule has 0 N–H and O–H groups in total. The van der Waals surface area contributed by atoms with Gasteiger partial charge < -0.3 is 23.2 Å². The molecule has 16 aromatic rings. The van der Waals surface area contributed by atoms with Crippen molar-refractivity contribution in [1.29, 1.82) is 0 Å². The van der Waals surface area contributed by atoms with Crippen LogP contribution in [0.3, 0.4) is 0 Å². The summed E-state index contributed by atoms with van der Waals surface area (Å²) in [5.41, 5.74) is 24.9. The summed E-state index contributed by atoms with van der Waals surface area (Å²) in [7, 11) is 0. The van der Waals surface area contributed by atoms with Crippen LogP contribution in [0.5, 0.6) is 0 Å². The van der Waals surface area contributed by atoms with E-state index in [0.29, 0.717) is 0 Å². The lowest BCUT2D eigenvalue weighted by Gasteiger charge is -2.29. The van der Waals surface area contributed by atoms with Gasteiger partial charge in [-0.25, -0.2) is 4.98 Å². The van der Waals surface area contributed by atoms with Crippen molar-refractivity contribution in [3.05, 3.63) is 301 Å². The number of nitrogens with zero attached hydrogens (tertiary/aromatic N) is 7. The van der Waals surface area contributed by atoms with E-state index in [1.54, 1.807) is 0 Å². The van der Waals surface area contributed by atoms with Gasteiger partial charge in [0, 0.05) is 100.0 Å². The standard InChI is InChI=1S/C83H57N7/c1-4-23-53(24-5-1)87-68-36-16-10-29-58(68)61-43-46-74-78(81(61)87)64-32-13-19-39-71(64)85(74)56-49-52(50-57(51-56)86-72-40-20-14-33-65(72)79-75(86)47-44-62-59-30-11-17-37-69(59)88(82(62)79)54-25-6-2-7-26-54)67-35-22-42-77(84-67)90-73-41-21-15-34-66(73)80-76(90)48-45-63-60-31-12-18-38-70(60)89(83(63)80)55-27-8-3-9-28-55/h1-10,12-20,22-29,31-40,42-51,60,70H,11,21,30,41H2. The van der Waals surface area contributed by atoms with Crippen LogP contribution in [0.15, 0.2) is 273 Å². The van der Waals surface area contributed by atoms with Crippen LogP contribution < -0.4 is 4.90 Å². The highest BCUT2D eigenvalue weighted by atomic mass is 15.2. The average Bonchev–Trinajstić information content (AvgIpc) is 1.60. The quantitative estimate of drug-likeness (QED) is 0.160. The molecule has 0 amide bonds. The Kier molecular flexibility index (Phi) is 10.5. The Hall–Kier alpha value is -11.4. The molecule has 0 saturated heterocycles. The van der Waals surface area contributed by atoms with E-state index in [4.69, 9.17) is 4.98 Å². The van der Waals surface area contributed by atoms with Crippen molar-refractivity contribution < 1.29 is 0 Å². The van der Waals surface area contributed by atoms with E-state index in [1.165, 1.54) is 110 Å². The van der Waals surface area contributed by atoms with E-state index in [-0.39, 0.29) is 12.0 Å². The normalized spacial score (nSPS) is 15.8. The molecule has 0 saturated carbocycles. The van der Waals surface area contributed by atoms with Crippen molar-refractivity contribution in [1.82, 2.24) is 27.8 Å². The van der Waals surface area contributed by atoms with E-state index < -0.39 is 0 Å². The highest BCUT2D eigenvalue weighted by Crippen LogP contribution is 2.54. The van der Waals surface area contributed by atoms with E-state index in [2.05, 4.69) is 313 Å². The van der Waals surface area contributed by atoms with Gasteiger partial charge in [-0.3, -0.25) is 4.57 Å². The number of para-hydroxylation sites is 6. The summed E-state index contributed by atoms with van der Waals surface area (Å²) in [6.45, 7) is 0. The summed E-state index contributed by atoms with van der Waals surface area (Å²) >= 11 is 0. The van der Waals surface area contributed by atoms with Crippen LogP contribution in [0, 0.1) is 0 Å². The van der Waals surface area contributed by atoms with Crippen LogP contribution in [-0.2, 0) is 12.8 Å². The molecule has 90 heavy (non-hydrogen) atoms. The first-order valence-corrected chi connectivity index (χ1v) is 31.7. The maximum absolute atomic E-state index is 5.89. The largest absolute Gasteiger partial charge is 0.333 e. The van der Waals surface area contributed by atoms with Gasteiger partial charge >= 0.3 is 0 Å². The second-order valence-corrected chi connectivity index (χ2v) is 24.7. The minimum absolute atomic E-state index is 0.180. The molecule has 20 rings (SSSR count). The summed E-state index contributed by atoms with van der Waals surface area (Å²) in [6.07, 6.45) is 22.6. The highest BCUT2D eigenvalue weighted by Gasteiger charge is 2.40. The number of aromatic nitrogens is 6. The molecule has 424 valence electrons. The molecule has 3 aliphatic carbocycles. The van der Waals surface area contributed by atoms with Gasteiger partial charge in [-0.05, 0) is 146 Å². The topological polar surface area (TPSA) is 40.8 Å². The third kappa shape index (κ3) is 6.91. The lowest BCUT2D eigenvalue weighted by molar-refractivity contribution is 0.745. The van der Waals surface area contributed by atoms with E-state index >= 15 is 0 Å². The number of allylic oxidation sites excluding steroid dienone is 4. The summed E-state index contributed by atoms with van der Waals surface area (Å²) in [5.74, 6) is 1.16. The van der Waals surface area contributed by atoms with Crippen molar-refractivity contribution in [2.45, 2.75) is 37.6 Å². The van der Waals surface area contributed by atoms with Crippen LogP contribution in [0.1, 0.15) is 46.8 Å². The molecule has 2 unspecified atom stereocenters. The molecule has 10 aromatic carbocycles. The van der Waals surface area contributed by atoms with Gasteiger partial charge in [0.2, 0.25) is 0 Å². The summed E-state index contributed by atoms with van der Waals surface area (Å²) in [6, 6.07) is 88.1. The fraction of sp³-hybridized carbons (Fsp3) is 0.0723. The molecule has 0 radical (unpaired) electrons. The first kappa shape index (κ1) is 49.7. The van der Waals surface area contributed by atoms with Crippen LogP contribution >= 0.6 is 0 Å². The fourth-order valence-corrected chi connectivity index (χ4v) is 16.5. The first-order chi connectivity index (χ1) is 44.7. The number of fused-ring (bicyclic) bond motifs is 21. The number of benzene rings is 10. The molecule has 1 aliphatic heterocycles. The number of aryl methyl sites for hydroxylation is 1. The second kappa shape index (κ2) is 19.0. The first-order valence-electron chi connectivity index (χ1n) is 31.7. The third-order valence-electron chi connectivity index (χ3n) is 20.1. The van der Waals surface area contributed by atoms with Gasteiger partial charge in [-0.2, -0.15) is 0 Å². The Morgan fingerprint density at radius 2 is 0.944 bits per heavy atom. The van der Waals surface area contributed by atoms with Gasteiger partial charge in [-0.15, -0.1) is 0 Å². The zero-order valence-corrected chi connectivity index (χ0v) is 49.2. The van der Waals surface area contributed by atoms with Crippen LogP contribution in [0.4, 0.5) is 11.4 Å².